The Morgan fingerprint density at radius 2 is 1.92 bits per heavy atom. The molecule has 0 spiro atoms. The molecule has 0 aliphatic carbocycles. The number of carbonyl (C=O) groups is 2. The quantitative estimate of drug-likeness (QED) is 0.834. The van der Waals surface area contributed by atoms with Gasteiger partial charge in [-0.15, -0.1) is 0 Å². The fraction of sp³-hybridized carbons (Fsp3) is 0.600. The van der Waals surface area contributed by atoms with E-state index in [1.165, 1.54) is 0 Å². The van der Waals surface area contributed by atoms with Gasteiger partial charge in [-0.1, -0.05) is 25.1 Å². The van der Waals surface area contributed by atoms with Gasteiger partial charge in [-0.25, -0.2) is 0 Å². The van der Waals surface area contributed by atoms with Gasteiger partial charge in [0.25, 0.3) is 5.91 Å². The second kappa shape index (κ2) is 9.03. The van der Waals surface area contributed by atoms with Gasteiger partial charge in [0, 0.05) is 31.6 Å². The lowest BCUT2D eigenvalue weighted by Crippen LogP contribution is -2.53. The Bertz CT molecular complexity index is 600. The SMILES string of the molecule is CC1CCNCC1NC(=O)C1CCN(C(=O)COc2ccccc2)CC1. The molecule has 2 aliphatic heterocycles. The first-order valence-electron chi connectivity index (χ1n) is 9.60. The molecule has 26 heavy (non-hydrogen) atoms. The third-order valence-corrected chi connectivity index (χ3v) is 5.48. The van der Waals surface area contributed by atoms with Crippen molar-refractivity contribution in [1.82, 2.24) is 15.5 Å². The van der Waals surface area contributed by atoms with Gasteiger partial charge in [-0.05, 0) is 43.9 Å². The van der Waals surface area contributed by atoms with Crippen molar-refractivity contribution in [3.8, 4) is 5.75 Å². The number of nitrogens with zero attached hydrogens (tertiary/aromatic N) is 1. The van der Waals surface area contributed by atoms with Crippen molar-refractivity contribution in [1.29, 1.82) is 0 Å². The Labute approximate surface area is 155 Å². The molecule has 142 valence electrons. The van der Waals surface area contributed by atoms with Crippen LogP contribution in [0.25, 0.3) is 0 Å². The number of amides is 2. The van der Waals surface area contributed by atoms with Crippen LogP contribution in [-0.2, 0) is 9.59 Å². The van der Waals surface area contributed by atoms with Gasteiger partial charge in [0.2, 0.25) is 5.91 Å². The number of rotatable bonds is 5. The molecule has 2 saturated heterocycles. The highest BCUT2D eigenvalue weighted by Gasteiger charge is 2.30. The Balaban J connectivity index is 1.40. The third kappa shape index (κ3) is 4.97. The lowest BCUT2D eigenvalue weighted by atomic mass is 9.92. The summed E-state index contributed by atoms with van der Waals surface area (Å²) in [5.74, 6) is 1.33. The Kier molecular flexibility index (Phi) is 6.50. The van der Waals surface area contributed by atoms with E-state index < -0.39 is 0 Å². The van der Waals surface area contributed by atoms with Crippen LogP contribution in [0.15, 0.2) is 30.3 Å². The molecule has 0 bridgehead atoms. The predicted octanol–water partition coefficient (Wildman–Crippen LogP) is 1.42. The highest BCUT2D eigenvalue weighted by molar-refractivity contribution is 5.80. The van der Waals surface area contributed by atoms with Gasteiger partial charge >= 0.3 is 0 Å². The molecule has 2 atom stereocenters. The summed E-state index contributed by atoms with van der Waals surface area (Å²) in [5.41, 5.74) is 0. The molecule has 0 aromatic heterocycles. The molecule has 0 saturated carbocycles. The van der Waals surface area contributed by atoms with Crippen LogP contribution in [0.2, 0.25) is 0 Å². The topological polar surface area (TPSA) is 70.7 Å². The first kappa shape index (κ1) is 18.7. The summed E-state index contributed by atoms with van der Waals surface area (Å²) in [4.78, 5) is 26.6. The lowest BCUT2D eigenvalue weighted by molar-refractivity contribution is -0.137. The van der Waals surface area contributed by atoms with Crippen LogP contribution in [0.3, 0.4) is 0 Å². The number of hydrogen-bond donors (Lipinski definition) is 2. The zero-order chi connectivity index (χ0) is 18.4. The van der Waals surface area contributed by atoms with Crippen LogP contribution in [0.1, 0.15) is 26.2 Å². The first-order chi connectivity index (χ1) is 12.6. The highest BCUT2D eigenvalue weighted by Crippen LogP contribution is 2.19. The maximum atomic E-state index is 12.5. The molecular formula is C20H29N3O3. The van der Waals surface area contributed by atoms with Crippen molar-refractivity contribution in [2.75, 3.05) is 32.8 Å². The number of likely N-dealkylation sites (tertiary alicyclic amines) is 1. The maximum absolute atomic E-state index is 12.5. The molecule has 6 heteroatoms. The molecule has 2 fully saturated rings. The van der Waals surface area contributed by atoms with Crippen LogP contribution in [0.5, 0.6) is 5.75 Å². The summed E-state index contributed by atoms with van der Waals surface area (Å²) in [6, 6.07) is 9.57. The van der Waals surface area contributed by atoms with Crippen molar-refractivity contribution in [2.24, 2.45) is 11.8 Å². The number of ether oxygens (including phenoxy) is 1. The number of para-hydroxylation sites is 1. The van der Waals surface area contributed by atoms with Crippen LogP contribution in [-0.4, -0.2) is 55.5 Å². The zero-order valence-electron chi connectivity index (χ0n) is 15.4. The zero-order valence-corrected chi connectivity index (χ0v) is 15.4. The second-order valence-corrected chi connectivity index (χ2v) is 7.34. The van der Waals surface area contributed by atoms with Gasteiger partial charge < -0.3 is 20.3 Å². The van der Waals surface area contributed by atoms with Crippen LogP contribution in [0.4, 0.5) is 0 Å². The van der Waals surface area contributed by atoms with E-state index in [1.54, 1.807) is 4.90 Å². The standard InChI is InChI=1S/C20H29N3O3/c1-15-7-10-21-13-18(15)22-20(25)16-8-11-23(12-9-16)19(24)14-26-17-5-3-2-4-6-17/h2-6,15-16,18,21H,7-14H2,1H3,(H,22,25). The average Bonchev–Trinajstić information content (AvgIpc) is 2.69. The van der Waals surface area contributed by atoms with Crippen LogP contribution < -0.4 is 15.4 Å². The van der Waals surface area contributed by atoms with E-state index in [0.717, 1.165) is 32.4 Å². The minimum atomic E-state index is -0.0159. The molecule has 3 rings (SSSR count). The highest BCUT2D eigenvalue weighted by atomic mass is 16.5. The molecule has 2 aliphatic rings. The molecular weight excluding hydrogens is 330 g/mol. The average molecular weight is 359 g/mol. The molecule has 6 nitrogen and oxygen atoms in total. The Morgan fingerprint density at radius 1 is 1.19 bits per heavy atom. The summed E-state index contributed by atoms with van der Waals surface area (Å²) in [6.07, 6.45) is 2.54. The fourth-order valence-electron chi connectivity index (χ4n) is 3.63. The molecule has 2 N–H and O–H groups in total. The number of carbonyl (C=O) groups excluding carboxylic acids is 2. The van der Waals surface area contributed by atoms with Crippen LogP contribution in [0, 0.1) is 11.8 Å². The molecule has 1 aromatic carbocycles. The van der Waals surface area contributed by atoms with E-state index in [0.29, 0.717) is 24.8 Å². The Hall–Kier alpha value is -2.08. The van der Waals surface area contributed by atoms with Gasteiger partial charge in [0.1, 0.15) is 5.75 Å². The van der Waals surface area contributed by atoms with Gasteiger partial charge in [0.15, 0.2) is 6.61 Å². The smallest absolute Gasteiger partial charge is 0.260 e. The summed E-state index contributed by atoms with van der Waals surface area (Å²) in [7, 11) is 0. The Morgan fingerprint density at radius 3 is 2.62 bits per heavy atom. The van der Waals surface area contributed by atoms with Crippen molar-refractivity contribution in [3.63, 3.8) is 0 Å². The first-order valence-corrected chi connectivity index (χ1v) is 9.60. The normalized spacial score (nSPS) is 24.1. The molecule has 2 heterocycles. The summed E-state index contributed by atoms with van der Waals surface area (Å²) in [6.45, 7) is 5.35. The largest absolute Gasteiger partial charge is 0.484 e. The van der Waals surface area contributed by atoms with E-state index >= 15 is 0 Å². The minimum Gasteiger partial charge on any atom is -0.484 e. The van der Waals surface area contributed by atoms with Crippen molar-refractivity contribution >= 4 is 11.8 Å². The molecule has 2 unspecified atom stereocenters. The summed E-state index contributed by atoms with van der Waals surface area (Å²) >= 11 is 0. The molecule has 0 radical (unpaired) electrons. The van der Waals surface area contributed by atoms with E-state index in [1.807, 2.05) is 30.3 Å². The molecule has 1 aromatic rings. The number of piperidine rings is 2. The third-order valence-electron chi connectivity index (χ3n) is 5.48. The number of benzene rings is 1. The van der Waals surface area contributed by atoms with Crippen molar-refractivity contribution in [2.45, 2.75) is 32.2 Å². The van der Waals surface area contributed by atoms with Crippen molar-refractivity contribution in [3.05, 3.63) is 30.3 Å². The van der Waals surface area contributed by atoms with E-state index in [9.17, 15) is 9.59 Å². The summed E-state index contributed by atoms with van der Waals surface area (Å²) in [5, 5.41) is 6.54. The summed E-state index contributed by atoms with van der Waals surface area (Å²) < 4.78 is 5.53. The minimum absolute atomic E-state index is 0.00298. The monoisotopic (exact) mass is 359 g/mol. The number of hydrogen-bond acceptors (Lipinski definition) is 4. The van der Waals surface area contributed by atoms with Gasteiger partial charge in [-0.2, -0.15) is 0 Å². The van der Waals surface area contributed by atoms with E-state index in [4.69, 9.17) is 4.74 Å². The van der Waals surface area contributed by atoms with E-state index in [2.05, 4.69) is 17.6 Å². The lowest BCUT2D eigenvalue weighted by Gasteiger charge is -2.34. The van der Waals surface area contributed by atoms with Gasteiger partial charge in [0.05, 0.1) is 0 Å². The van der Waals surface area contributed by atoms with E-state index in [-0.39, 0.29) is 30.4 Å². The number of nitrogens with one attached hydrogen (secondary N) is 2. The predicted molar refractivity (Wildman–Crippen MR) is 99.8 cm³/mol. The fourth-order valence-corrected chi connectivity index (χ4v) is 3.63. The van der Waals surface area contributed by atoms with Crippen LogP contribution >= 0.6 is 0 Å². The molecule has 2 amide bonds. The second-order valence-electron chi connectivity index (χ2n) is 7.34. The van der Waals surface area contributed by atoms with Gasteiger partial charge in [-0.3, -0.25) is 9.59 Å². The maximum Gasteiger partial charge on any atom is 0.260 e. The van der Waals surface area contributed by atoms with Crippen molar-refractivity contribution < 1.29 is 14.3 Å².